The third kappa shape index (κ3) is 2.64. The molecule has 0 radical (unpaired) electrons. The Morgan fingerprint density at radius 3 is 1.20 bits per heavy atom. The van der Waals surface area contributed by atoms with Gasteiger partial charge in [-0.25, -0.2) is 0 Å². The summed E-state index contributed by atoms with van der Waals surface area (Å²) in [5.41, 5.74) is 4.99. The standard InChI is InChI=1S/C28H16Br2/c29-23-13-12-20-16-22(18-9-5-2-6-10-18)28-24(30)14-11-19-15-21(17-7-3-1-4-8-17)27(23)25(20)26(19)28/h1-16H. The van der Waals surface area contributed by atoms with E-state index in [-0.39, 0.29) is 0 Å². The van der Waals surface area contributed by atoms with Crippen molar-refractivity contribution in [3.8, 4) is 22.3 Å². The van der Waals surface area contributed by atoms with Gasteiger partial charge in [0.25, 0.3) is 0 Å². The van der Waals surface area contributed by atoms with Crippen LogP contribution in [0.4, 0.5) is 0 Å². The van der Waals surface area contributed by atoms with Crippen LogP contribution < -0.4 is 0 Å². The van der Waals surface area contributed by atoms with E-state index in [1.54, 1.807) is 0 Å². The van der Waals surface area contributed by atoms with Crippen LogP contribution in [0.3, 0.4) is 0 Å². The molecule has 0 aliphatic carbocycles. The van der Waals surface area contributed by atoms with Crippen molar-refractivity contribution in [2.24, 2.45) is 0 Å². The van der Waals surface area contributed by atoms with Gasteiger partial charge in [0.1, 0.15) is 0 Å². The summed E-state index contributed by atoms with van der Waals surface area (Å²) in [6.07, 6.45) is 0. The van der Waals surface area contributed by atoms with Crippen LogP contribution in [-0.4, -0.2) is 0 Å². The summed E-state index contributed by atoms with van der Waals surface area (Å²) in [7, 11) is 0. The fourth-order valence-corrected chi connectivity index (χ4v) is 5.73. The SMILES string of the molecule is Brc1ccc2cc(-c3ccccc3)c3c(Br)ccc4cc(-c5ccccc5)c1c2c43. The van der Waals surface area contributed by atoms with Crippen molar-refractivity contribution < 1.29 is 0 Å². The minimum atomic E-state index is 1.13. The van der Waals surface area contributed by atoms with Crippen LogP contribution in [0.25, 0.3) is 54.6 Å². The van der Waals surface area contributed by atoms with Crippen molar-refractivity contribution in [3.05, 3.63) is 106 Å². The van der Waals surface area contributed by atoms with Crippen molar-refractivity contribution in [2.75, 3.05) is 0 Å². The van der Waals surface area contributed by atoms with E-state index >= 15 is 0 Å². The molecule has 30 heavy (non-hydrogen) atoms. The van der Waals surface area contributed by atoms with Gasteiger partial charge in [0.05, 0.1) is 0 Å². The van der Waals surface area contributed by atoms with E-state index in [9.17, 15) is 0 Å². The molecule has 142 valence electrons. The van der Waals surface area contributed by atoms with E-state index in [1.807, 2.05) is 0 Å². The maximum atomic E-state index is 3.86. The molecule has 0 spiro atoms. The summed E-state index contributed by atoms with van der Waals surface area (Å²) in [5.74, 6) is 0. The number of benzene rings is 6. The molecule has 0 N–H and O–H groups in total. The molecule has 2 heteroatoms. The Balaban J connectivity index is 1.87. The smallest absolute Gasteiger partial charge is 0.0260 e. The van der Waals surface area contributed by atoms with E-state index in [1.165, 1.54) is 54.6 Å². The zero-order valence-corrected chi connectivity index (χ0v) is 19.2. The molecule has 6 aromatic rings. The van der Waals surface area contributed by atoms with Crippen LogP contribution in [0.15, 0.2) is 106 Å². The van der Waals surface area contributed by atoms with Crippen LogP contribution in [0.5, 0.6) is 0 Å². The molecular weight excluding hydrogens is 496 g/mol. The van der Waals surface area contributed by atoms with Gasteiger partial charge in [-0.3, -0.25) is 0 Å². The van der Waals surface area contributed by atoms with Gasteiger partial charge in [-0.2, -0.15) is 0 Å². The largest absolute Gasteiger partial charge is 0.0622 e. The number of hydrogen-bond donors (Lipinski definition) is 0. The zero-order chi connectivity index (χ0) is 20.2. The van der Waals surface area contributed by atoms with Crippen molar-refractivity contribution in [2.45, 2.75) is 0 Å². The molecule has 6 rings (SSSR count). The summed E-state index contributed by atoms with van der Waals surface area (Å²) in [4.78, 5) is 0. The molecule has 0 saturated heterocycles. The van der Waals surface area contributed by atoms with Crippen LogP contribution in [0.1, 0.15) is 0 Å². The molecule has 0 bridgehead atoms. The third-order valence-corrected chi connectivity index (χ3v) is 7.25. The average Bonchev–Trinajstić information content (AvgIpc) is 2.80. The highest BCUT2D eigenvalue weighted by atomic mass is 79.9. The molecule has 6 aromatic carbocycles. The number of hydrogen-bond acceptors (Lipinski definition) is 0. The summed E-state index contributed by atoms with van der Waals surface area (Å²) >= 11 is 7.72. The van der Waals surface area contributed by atoms with Crippen LogP contribution in [-0.2, 0) is 0 Å². The van der Waals surface area contributed by atoms with E-state index in [2.05, 4.69) is 129 Å². The number of halogens is 2. The highest BCUT2D eigenvalue weighted by molar-refractivity contribution is 9.11. The fraction of sp³-hybridized carbons (Fsp3) is 0. The predicted molar refractivity (Wildman–Crippen MR) is 136 cm³/mol. The van der Waals surface area contributed by atoms with Crippen LogP contribution in [0.2, 0.25) is 0 Å². The first-order valence-corrected chi connectivity index (χ1v) is 11.5. The lowest BCUT2D eigenvalue weighted by Crippen LogP contribution is -1.92. The van der Waals surface area contributed by atoms with Crippen molar-refractivity contribution >= 4 is 64.2 Å². The first kappa shape index (κ1) is 18.1. The lowest BCUT2D eigenvalue weighted by Gasteiger charge is -2.19. The molecule has 0 aromatic heterocycles. The monoisotopic (exact) mass is 510 g/mol. The lowest BCUT2D eigenvalue weighted by molar-refractivity contribution is 1.64. The lowest BCUT2D eigenvalue weighted by atomic mass is 9.86. The Labute approximate surface area is 191 Å². The third-order valence-electron chi connectivity index (χ3n) is 5.93. The first-order chi connectivity index (χ1) is 14.7. The Kier molecular flexibility index (Phi) is 4.19. The van der Waals surface area contributed by atoms with Gasteiger partial charge in [0, 0.05) is 19.7 Å². The zero-order valence-electron chi connectivity index (χ0n) is 16.0. The summed E-state index contributed by atoms with van der Waals surface area (Å²) in [6, 6.07) is 34.8. The molecular formula is C28H16Br2. The molecule has 0 heterocycles. The Morgan fingerprint density at radius 2 is 0.800 bits per heavy atom. The molecule has 0 aliphatic rings. The quantitative estimate of drug-likeness (QED) is 0.203. The maximum absolute atomic E-state index is 3.86. The van der Waals surface area contributed by atoms with Gasteiger partial charge in [-0.1, -0.05) is 105 Å². The molecule has 0 unspecified atom stereocenters. The van der Waals surface area contributed by atoms with Crippen LogP contribution in [0, 0.1) is 0 Å². The Bertz CT molecular complexity index is 1410. The van der Waals surface area contributed by atoms with E-state index in [4.69, 9.17) is 0 Å². The second-order valence-electron chi connectivity index (χ2n) is 7.62. The molecule has 0 amide bonds. The Hall–Kier alpha value is -2.68. The molecule has 0 nitrogen and oxygen atoms in total. The van der Waals surface area contributed by atoms with Crippen LogP contribution >= 0.6 is 31.9 Å². The number of rotatable bonds is 2. The van der Waals surface area contributed by atoms with Gasteiger partial charge < -0.3 is 0 Å². The highest BCUT2D eigenvalue weighted by Gasteiger charge is 2.19. The second-order valence-corrected chi connectivity index (χ2v) is 9.33. The maximum Gasteiger partial charge on any atom is 0.0260 e. The van der Waals surface area contributed by atoms with Gasteiger partial charge in [-0.05, 0) is 68.1 Å². The molecule has 0 atom stereocenters. The molecule has 0 saturated carbocycles. The fourth-order valence-electron chi connectivity index (χ4n) is 4.64. The summed E-state index contributed by atoms with van der Waals surface area (Å²) in [5, 5.41) is 7.71. The topological polar surface area (TPSA) is 0 Å². The minimum absolute atomic E-state index is 1.13. The second kappa shape index (κ2) is 6.94. The van der Waals surface area contributed by atoms with Gasteiger partial charge in [0.2, 0.25) is 0 Å². The van der Waals surface area contributed by atoms with Crippen molar-refractivity contribution in [3.63, 3.8) is 0 Å². The summed E-state index contributed by atoms with van der Waals surface area (Å²) < 4.78 is 2.26. The normalized spacial score (nSPS) is 11.7. The van der Waals surface area contributed by atoms with E-state index in [0.717, 1.165) is 8.95 Å². The van der Waals surface area contributed by atoms with Crippen molar-refractivity contribution in [1.82, 2.24) is 0 Å². The molecule has 0 aliphatic heterocycles. The van der Waals surface area contributed by atoms with Gasteiger partial charge in [0.15, 0.2) is 0 Å². The van der Waals surface area contributed by atoms with Gasteiger partial charge in [-0.15, -0.1) is 0 Å². The summed E-state index contributed by atoms with van der Waals surface area (Å²) in [6.45, 7) is 0. The van der Waals surface area contributed by atoms with Crippen molar-refractivity contribution in [1.29, 1.82) is 0 Å². The first-order valence-electron chi connectivity index (χ1n) is 9.93. The predicted octanol–water partition coefficient (Wildman–Crippen LogP) is 9.44. The van der Waals surface area contributed by atoms with Gasteiger partial charge >= 0.3 is 0 Å². The van der Waals surface area contributed by atoms with E-state index in [0.29, 0.717) is 0 Å². The molecule has 0 fully saturated rings. The Morgan fingerprint density at radius 1 is 0.400 bits per heavy atom. The minimum Gasteiger partial charge on any atom is -0.0622 e. The highest BCUT2D eigenvalue weighted by Crippen LogP contribution is 2.47. The average molecular weight is 512 g/mol. The van der Waals surface area contributed by atoms with E-state index < -0.39 is 0 Å².